The van der Waals surface area contributed by atoms with Crippen molar-refractivity contribution in [3.63, 3.8) is 0 Å². The third-order valence-electron chi connectivity index (χ3n) is 8.97. The van der Waals surface area contributed by atoms with Crippen molar-refractivity contribution < 1.29 is 69.4 Å². The van der Waals surface area contributed by atoms with E-state index in [4.69, 9.17) is 18.9 Å². The molecule has 18 heteroatoms. The summed E-state index contributed by atoms with van der Waals surface area (Å²) in [6, 6.07) is 25.0. The number of hydrogen-bond acceptors (Lipinski definition) is 16. The van der Waals surface area contributed by atoms with Crippen molar-refractivity contribution >= 4 is 34.6 Å². The highest BCUT2D eigenvalue weighted by molar-refractivity contribution is 6.05. The van der Waals surface area contributed by atoms with Crippen molar-refractivity contribution in [2.45, 2.75) is 61.4 Å². The van der Waals surface area contributed by atoms with Crippen LogP contribution in [0, 0.1) is 0 Å². The number of nitrogens with one attached hydrogen (secondary N) is 2. The van der Waals surface area contributed by atoms with E-state index >= 15 is 0 Å². The summed E-state index contributed by atoms with van der Waals surface area (Å²) in [4.78, 5) is 25.7. The summed E-state index contributed by atoms with van der Waals surface area (Å²) < 4.78 is 21.8. The van der Waals surface area contributed by atoms with E-state index in [0.29, 0.717) is 33.9 Å². The first kappa shape index (κ1) is 40.3. The average Bonchev–Trinajstić information content (AvgIpc) is 3.22. The van der Waals surface area contributed by atoms with Crippen LogP contribution >= 0.6 is 0 Å². The van der Waals surface area contributed by atoms with Crippen molar-refractivity contribution in [3.8, 4) is 11.5 Å². The Balaban J connectivity index is 0.963. The Morgan fingerprint density at radius 2 is 0.839 bits per heavy atom. The van der Waals surface area contributed by atoms with E-state index < -0.39 is 86.4 Å². The maximum atomic E-state index is 12.8. The molecular weight excluding hydrogens is 736 g/mol. The van der Waals surface area contributed by atoms with Gasteiger partial charge < -0.3 is 70.4 Å². The monoisotopic (exact) mass is 776 g/mol. The summed E-state index contributed by atoms with van der Waals surface area (Å²) in [5.41, 5.74) is 2.51. The Morgan fingerprint density at radius 3 is 1.16 bits per heavy atom. The summed E-state index contributed by atoms with van der Waals surface area (Å²) in [7, 11) is 0. The summed E-state index contributed by atoms with van der Waals surface area (Å²) in [6.07, 6.45) is -14.2. The Kier molecular flexibility index (Phi) is 13.0. The zero-order chi connectivity index (χ0) is 39.9. The van der Waals surface area contributed by atoms with Crippen molar-refractivity contribution in [3.05, 3.63) is 108 Å². The Labute approximate surface area is 318 Å². The number of amides is 2. The van der Waals surface area contributed by atoms with Crippen LogP contribution in [0.4, 0.5) is 22.7 Å². The Hall–Kier alpha value is -5.38. The molecule has 2 aliphatic heterocycles. The predicted molar refractivity (Wildman–Crippen MR) is 195 cm³/mol. The number of carbonyl (C=O) groups is 2. The predicted octanol–water partition coefficient (Wildman–Crippen LogP) is 0.964. The zero-order valence-electron chi connectivity index (χ0n) is 29.3. The molecule has 0 spiro atoms. The summed E-state index contributed by atoms with van der Waals surface area (Å²) >= 11 is 0. The van der Waals surface area contributed by atoms with Crippen molar-refractivity contribution in [1.29, 1.82) is 0 Å². The molecule has 6 rings (SSSR count). The van der Waals surface area contributed by atoms with E-state index in [-0.39, 0.29) is 11.5 Å². The van der Waals surface area contributed by atoms with E-state index in [1.54, 1.807) is 72.8 Å². The molecule has 4 aromatic carbocycles. The van der Waals surface area contributed by atoms with Gasteiger partial charge in [0, 0.05) is 22.5 Å². The van der Waals surface area contributed by atoms with Crippen LogP contribution in [0.3, 0.4) is 0 Å². The van der Waals surface area contributed by atoms with Gasteiger partial charge in [0.05, 0.1) is 24.6 Å². The Morgan fingerprint density at radius 1 is 0.500 bits per heavy atom. The van der Waals surface area contributed by atoms with Crippen molar-refractivity contribution in [2.24, 2.45) is 10.2 Å². The molecule has 56 heavy (non-hydrogen) atoms. The number of carbonyl (C=O) groups excluding carboxylic acids is 2. The number of azo groups is 1. The number of hydrogen-bond donors (Lipinski definition) is 10. The van der Waals surface area contributed by atoms with Gasteiger partial charge in [0.25, 0.3) is 11.8 Å². The number of aliphatic hydroxyl groups is 8. The van der Waals surface area contributed by atoms with Gasteiger partial charge in [-0.05, 0) is 97.1 Å². The maximum absolute atomic E-state index is 12.8. The molecule has 6 unspecified atom stereocenters. The van der Waals surface area contributed by atoms with E-state index in [0.717, 1.165) is 0 Å². The molecule has 4 aromatic rings. The highest BCUT2D eigenvalue weighted by Crippen LogP contribution is 2.28. The molecule has 10 atom stereocenters. The summed E-state index contributed by atoms with van der Waals surface area (Å²) in [5, 5.41) is 92.7. The van der Waals surface area contributed by atoms with Crippen LogP contribution in [-0.2, 0) is 9.47 Å². The van der Waals surface area contributed by atoms with Crippen LogP contribution in [0.1, 0.15) is 20.7 Å². The number of anilines is 2. The van der Waals surface area contributed by atoms with Crippen LogP contribution in [-0.4, -0.2) is 127 Å². The molecule has 2 aliphatic rings. The quantitative estimate of drug-likeness (QED) is 0.0898. The first-order valence-corrected chi connectivity index (χ1v) is 17.3. The topological polar surface area (TPSA) is 282 Å². The standard InChI is InChI=1S/C38H40N4O14/c43-17-27-29(45)31(47)33(49)37(55-27)53-25-13-9-21(10-14-25)39-35(51)19-1-5-23(6-2-19)41-42-24-7-3-20(4-8-24)36(52)40-22-11-15-26(16-12-22)54-38-34(50)32(48)30(46)28(18-44)56-38/h1-16,27-34,37-38,43-50H,17-18H2,(H,39,51)(H,40,52)/t27?,28?,29-,30+,31?,32?,33?,34?,37-,38+. The molecule has 0 radical (unpaired) electrons. The van der Waals surface area contributed by atoms with Gasteiger partial charge in [0.2, 0.25) is 12.6 Å². The first-order chi connectivity index (χ1) is 26.9. The fraction of sp³-hybridized carbons (Fsp3) is 0.316. The van der Waals surface area contributed by atoms with Crippen LogP contribution in [0.15, 0.2) is 107 Å². The van der Waals surface area contributed by atoms with Gasteiger partial charge in [0.1, 0.15) is 60.3 Å². The highest BCUT2D eigenvalue weighted by atomic mass is 16.7. The fourth-order valence-corrected chi connectivity index (χ4v) is 5.71. The molecule has 2 heterocycles. The third-order valence-corrected chi connectivity index (χ3v) is 8.97. The SMILES string of the molecule is O=C(Nc1ccc(O[C@@H]2OC(CO)[C@@H](O)C(O)C2O)cc1)c1ccc(N=Nc2ccc(C(=O)Nc3ccc(O[C@H]4OC(CO)[C@H](O)C(O)C4O)cc3)cc2)cc1. The van der Waals surface area contributed by atoms with Crippen LogP contribution < -0.4 is 20.1 Å². The third kappa shape index (κ3) is 9.52. The van der Waals surface area contributed by atoms with Crippen molar-refractivity contribution in [2.75, 3.05) is 23.8 Å². The Bertz CT molecular complexity index is 1800. The fourth-order valence-electron chi connectivity index (χ4n) is 5.71. The minimum atomic E-state index is -1.58. The second-order valence-corrected chi connectivity index (χ2v) is 12.9. The summed E-state index contributed by atoms with van der Waals surface area (Å²) in [6.45, 7) is -1.17. The minimum Gasteiger partial charge on any atom is -0.462 e. The lowest BCUT2D eigenvalue weighted by Gasteiger charge is -2.39. The smallest absolute Gasteiger partial charge is 0.255 e. The highest BCUT2D eigenvalue weighted by Gasteiger charge is 2.45. The van der Waals surface area contributed by atoms with Gasteiger partial charge in [-0.1, -0.05) is 0 Å². The molecule has 18 nitrogen and oxygen atoms in total. The minimum absolute atomic E-state index is 0.244. The van der Waals surface area contributed by atoms with Crippen LogP contribution in [0.25, 0.3) is 0 Å². The second kappa shape index (κ2) is 18.0. The lowest BCUT2D eigenvalue weighted by molar-refractivity contribution is -0.277. The van der Waals surface area contributed by atoms with Gasteiger partial charge >= 0.3 is 0 Å². The number of aliphatic hydroxyl groups excluding tert-OH is 8. The van der Waals surface area contributed by atoms with E-state index in [2.05, 4.69) is 20.9 Å². The van der Waals surface area contributed by atoms with Gasteiger partial charge in [-0.2, -0.15) is 10.2 Å². The normalized spacial score (nSPS) is 27.7. The lowest BCUT2D eigenvalue weighted by atomic mass is 9.99. The van der Waals surface area contributed by atoms with E-state index in [1.165, 1.54) is 24.3 Å². The number of nitrogens with zero attached hydrogens (tertiary/aromatic N) is 2. The average molecular weight is 777 g/mol. The first-order valence-electron chi connectivity index (χ1n) is 17.3. The maximum Gasteiger partial charge on any atom is 0.255 e. The number of ether oxygens (including phenoxy) is 4. The zero-order valence-corrected chi connectivity index (χ0v) is 29.3. The van der Waals surface area contributed by atoms with Gasteiger partial charge in [-0.25, -0.2) is 0 Å². The van der Waals surface area contributed by atoms with Crippen LogP contribution in [0.5, 0.6) is 11.5 Å². The molecule has 10 N–H and O–H groups in total. The molecular formula is C38H40N4O14. The molecule has 2 saturated heterocycles. The van der Waals surface area contributed by atoms with E-state index in [9.17, 15) is 50.4 Å². The van der Waals surface area contributed by atoms with Crippen LogP contribution in [0.2, 0.25) is 0 Å². The molecule has 0 aliphatic carbocycles. The van der Waals surface area contributed by atoms with E-state index in [1.807, 2.05) is 0 Å². The molecule has 0 bridgehead atoms. The van der Waals surface area contributed by atoms with Crippen molar-refractivity contribution in [1.82, 2.24) is 0 Å². The molecule has 0 saturated carbocycles. The lowest BCUT2D eigenvalue weighted by Crippen LogP contribution is -2.60. The van der Waals surface area contributed by atoms with Gasteiger partial charge in [0.15, 0.2) is 0 Å². The molecule has 2 fully saturated rings. The summed E-state index contributed by atoms with van der Waals surface area (Å²) in [5.74, 6) is -0.313. The number of rotatable bonds is 12. The molecule has 296 valence electrons. The van der Waals surface area contributed by atoms with Gasteiger partial charge in [-0.3, -0.25) is 9.59 Å². The molecule has 2 amide bonds. The second-order valence-electron chi connectivity index (χ2n) is 12.9. The number of benzene rings is 4. The largest absolute Gasteiger partial charge is 0.462 e. The molecule has 0 aromatic heterocycles. The van der Waals surface area contributed by atoms with Gasteiger partial charge in [-0.15, -0.1) is 0 Å².